The Labute approximate surface area is 115 Å². The van der Waals surface area contributed by atoms with Gasteiger partial charge in [0.15, 0.2) is 9.84 Å². The fourth-order valence-electron chi connectivity index (χ4n) is 2.70. The third kappa shape index (κ3) is 3.79. The van der Waals surface area contributed by atoms with Crippen molar-refractivity contribution in [3.8, 4) is 0 Å². The maximum absolute atomic E-state index is 11.5. The maximum Gasteiger partial charge on any atom is 0.150 e. The molecule has 0 saturated carbocycles. The highest BCUT2D eigenvalue weighted by Gasteiger charge is 2.30. The molecule has 1 N–H and O–H groups in total. The van der Waals surface area contributed by atoms with Crippen molar-refractivity contribution in [3.63, 3.8) is 0 Å². The lowest BCUT2D eigenvalue weighted by Crippen LogP contribution is -2.27. The Hall–Kier alpha value is -0.880. The number of hydrogen-bond donors (Lipinski definition) is 1. The molecule has 2 rings (SSSR count). The Bertz CT molecular complexity index is 510. The van der Waals surface area contributed by atoms with Crippen LogP contribution in [0.4, 0.5) is 0 Å². The average Bonchev–Trinajstić information content (AvgIpc) is 2.91. The molecule has 5 nitrogen and oxygen atoms in total. The summed E-state index contributed by atoms with van der Waals surface area (Å²) in [6.45, 7) is 3.06. The van der Waals surface area contributed by atoms with Gasteiger partial charge in [-0.1, -0.05) is 6.92 Å². The van der Waals surface area contributed by atoms with E-state index >= 15 is 0 Å². The van der Waals surface area contributed by atoms with Gasteiger partial charge in [0.1, 0.15) is 5.82 Å². The van der Waals surface area contributed by atoms with Gasteiger partial charge in [-0.2, -0.15) is 0 Å². The third-order valence-electron chi connectivity index (χ3n) is 3.71. The van der Waals surface area contributed by atoms with E-state index in [4.69, 9.17) is 0 Å². The van der Waals surface area contributed by atoms with E-state index in [1.165, 1.54) is 0 Å². The number of aromatic nitrogens is 2. The summed E-state index contributed by atoms with van der Waals surface area (Å²) in [5, 5.41) is 3.49. The molecular formula is C13H23N3O2S. The first-order valence-electron chi connectivity index (χ1n) is 6.93. The highest BCUT2D eigenvalue weighted by Crippen LogP contribution is 2.28. The minimum absolute atomic E-state index is 0.151. The van der Waals surface area contributed by atoms with Crippen molar-refractivity contribution >= 4 is 9.84 Å². The number of sulfone groups is 1. The summed E-state index contributed by atoms with van der Waals surface area (Å²) < 4.78 is 25.1. The van der Waals surface area contributed by atoms with Gasteiger partial charge in [-0.3, -0.25) is 0 Å². The minimum Gasteiger partial charge on any atom is -0.337 e. The fourth-order valence-corrected chi connectivity index (χ4v) is 4.58. The smallest absolute Gasteiger partial charge is 0.150 e. The number of nitrogens with zero attached hydrogens (tertiary/aromatic N) is 2. The second-order valence-corrected chi connectivity index (χ2v) is 7.64. The molecule has 0 aliphatic carbocycles. The fraction of sp³-hybridized carbons (Fsp3) is 0.769. The highest BCUT2D eigenvalue weighted by atomic mass is 32.2. The third-order valence-corrected chi connectivity index (χ3v) is 5.54. The van der Waals surface area contributed by atoms with Crippen LogP contribution in [0.5, 0.6) is 0 Å². The molecule has 1 aromatic heterocycles. The molecule has 0 radical (unpaired) electrons. The first-order chi connectivity index (χ1) is 9.02. The molecule has 1 aliphatic heterocycles. The molecule has 6 heteroatoms. The monoisotopic (exact) mass is 285 g/mol. The topological polar surface area (TPSA) is 64.0 Å². The molecule has 2 heterocycles. The molecule has 0 spiro atoms. The van der Waals surface area contributed by atoms with E-state index in [2.05, 4.69) is 17.2 Å². The Morgan fingerprint density at radius 3 is 2.89 bits per heavy atom. The van der Waals surface area contributed by atoms with E-state index in [9.17, 15) is 8.42 Å². The minimum atomic E-state index is -2.80. The summed E-state index contributed by atoms with van der Waals surface area (Å²) in [5.74, 6) is 1.94. The van der Waals surface area contributed by atoms with E-state index in [-0.39, 0.29) is 12.0 Å². The average molecular weight is 285 g/mol. The van der Waals surface area contributed by atoms with Crippen molar-refractivity contribution in [1.29, 1.82) is 0 Å². The number of aryl methyl sites for hydroxylation is 1. The second-order valence-electron chi connectivity index (χ2n) is 5.41. The molecule has 1 aliphatic rings. The number of rotatable bonds is 6. The summed E-state index contributed by atoms with van der Waals surface area (Å²) >= 11 is 0. The van der Waals surface area contributed by atoms with Crippen LogP contribution in [0.25, 0.3) is 0 Å². The van der Waals surface area contributed by atoms with Crippen molar-refractivity contribution in [2.24, 2.45) is 13.0 Å². The summed E-state index contributed by atoms with van der Waals surface area (Å²) in [6, 6.07) is 0.151. The Morgan fingerprint density at radius 1 is 1.58 bits per heavy atom. The molecule has 1 fully saturated rings. The Balaban J connectivity index is 2.05. The first-order valence-corrected chi connectivity index (χ1v) is 8.75. The molecule has 2 unspecified atom stereocenters. The Kier molecular flexibility index (Phi) is 4.62. The number of hydrogen-bond acceptors (Lipinski definition) is 4. The zero-order chi connectivity index (χ0) is 13.9. The first kappa shape index (κ1) is 14.5. The quantitative estimate of drug-likeness (QED) is 0.855. The van der Waals surface area contributed by atoms with Crippen molar-refractivity contribution in [2.45, 2.75) is 32.2 Å². The molecule has 108 valence electrons. The van der Waals surface area contributed by atoms with Crippen LogP contribution in [0, 0.1) is 5.92 Å². The van der Waals surface area contributed by atoms with Crippen molar-refractivity contribution in [1.82, 2.24) is 14.9 Å². The van der Waals surface area contributed by atoms with E-state index < -0.39 is 9.84 Å². The normalized spacial score (nSPS) is 23.6. The van der Waals surface area contributed by atoms with Crippen molar-refractivity contribution in [3.05, 3.63) is 18.2 Å². The Morgan fingerprint density at radius 2 is 2.37 bits per heavy atom. The molecule has 1 saturated heterocycles. The van der Waals surface area contributed by atoms with Gasteiger partial charge in [0, 0.05) is 19.4 Å². The predicted molar refractivity (Wildman–Crippen MR) is 75.6 cm³/mol. The lowest BCUT2D eigenvalue weighted by atomic mass is 9.98. The van der Waals surface area contributed by atoms with Crippen molar-refractivity contribution < 1.29 is 8.42 Å². The van der Waals surface area contributed by atoms with Crippen LogP contribution in [-0.4, -0.2) is 36.0 Å². The van der Waals surface area contributed by atoms with E-state index in [0.717, 1.165) is 31.6 Å². The predicted octanol–water partition coefficient (Wildman–Crippen LogP) is 1.29. The van der Waals surface area contributed by atoms with E-state index in [0.29, 0.717) is 11.5 Å². The lowest BCUT2D eigenvalue weighted by Gasteiger charge is -2.21. The largest absolute Gasteiger partial charge is 0.337 e. The van der Waals surface area contributed by atoms with Gasteiger partial charge >= 0.3 is 0 Å². The number of imidazole rings is 1. The van der Waals surface area contributed by atoms with Crippen LogP contribution < -0.4 is 5.32 Å². The van der Waals surface area contributed by atoms with Crippen molar-refractivity contribution in [2.75, 3.05) is 18.1 Å². The van der Waals surface area contributed by atoms with Gasteiger partial charge in [0.05, 0.1) is 17.5 Å². The second kappa shape index (κ2) is 6.05. The van der Waals surface area contributed by atoms with Gasteiger partial charge in [0.25, 0.3) is 0 Å². The lowest BCUT2D eigenvalue weighted by molar-refractivity contribution is 0.394. The van der Waals surface area contributed by atoms with Gasteiger partial charge in [-0.05, 0) is 31.7 Å². The SMILES string of the molecule is CCCNC(CC1CCS(=O)(=O)C1)c1nccn1C. The molecule has 0 bridgehead atoms. The van der Waals surface area contributed by atoms with Crippen LogP contribution in [-0.2, 0) is 16.9 Å². The molecular weight excluding hydrogens is 262 g/mol. The highest BCUT2D eigenvalue weighted by molar-refractivity contribution is 7.91. The molecule has 2 atom stereocenters. The summed E-state index contributed by atoms with van der Waals surface area (Å²) in [6.07, 6.45) is 6.42. The molecule has 0 aromatic carbocycles. The zero-order valence-corrected chi connectivity index (χ0v) is 12.5. The van der Waals surface area contributed by atoms with Gasteiger partial charge in [-0.15, -0.1) is 0 Å². The van der Waals surface area contributed by atoms with Crippen LogP contribution >= 0.6 is 0 Å². The van der Waals surface area contributed by atoms with Gasteiger partial charge in [-0.25, -0.2) is 13.4 Å². The summed E-state index contributed by atoms with van der Waals surface area (Å²) in [5.41, 5.74) is 0. The van der Waals surface area contributed by atoms with E-state index in [1.54, 1.807) is 6.20 Å². The molecule has 19 heavy (non-hydrogen) atoms. The van der Waals surface area contributed by atoms with Crippen LogP contribution in [0.2, 0.25) is 0 Å². The number of nitrogens with one attached hydrogen (secondary N) is 1. The molecule has 1 aromatic rings. The standard InChI is InChI=1S/C13H23N3O2S/c1-3-5-14-12(13-15-6-7-16(13)2)9-11-4-8-19(17,18)10-11/h6-7,11-12,14H,3-5,8-10H2,1-2H3. The van der Waals surface area contributed by atoms with Crippen LogP contribution in [0.3, 0.4) is 0 Å². The van der Waals surface area contributed by atoms with E-state index in [1.807, 2.05) is 17.8 Å². The van der Waals surface area contributed by atoms with Crippen LogP contribution in [0.1, 0.15) is 38.1 Å². The van der Waals surface area contributed by atoms with Gasteiger partial charge in [0.2, 0.25) is 0 Å². The summed E-state index contributed by atoms with van der Waals surface area (Å²) in [4.78, 5) is 4.40. The zero-order valence-electron chi connectivity index (χ0n) is 11.7. The van der Waals surface area contributed by atoms with Crippen LogP contribution in [0.15, 0.2) is 12.4 Å². The summed E-state index contributed by atoms with van der Waals surface area (Å²) in [7, 11) is -0.815. The maximum atomic E-state index is 11.5. The van der Waals surface area contributed by atoms with Gasteiger partial charge < -0.3 is 9.88 Å². The molecule has 0 amide bonds.